The largest absolute Gasteiger partial charge is 0.382 e. The molecule has 3 N–H and O–H groups in total. The number of piperazine rings is 1. The third kappa shape index (κ3) is 5.65. The molecule has 152 valence electrons. The minimum atomic E-state index is 0.234. The highest BCUT2D eigenvalue weighted by Gasteiger charge is 2.14. The number of anilines is 2. The van der Waals surface area contributed by atoms with Crippen molar-refractivity contribution >= 4 is 35.0 Å². The van der Waals surface area contributed by atoms with E-state index in [4.69, 9.17) is 33.7 Å². The number of benzene rings is 1. The number of nitrogens with one attached hydrogen (secondary N) is 1. The van der Waals surface area contributed by atoms with E-state index in [0.717, 1.165) is 32.7 Å². The topological polar surface area (TPSA) is 92.4 Å². The number of ether oxygens (including phenoxy) is 1. The quantitative estimate of drug-likeness (QED) is 0.621. The van der Waals surface area contributed by atoms with Gasteiger partial charge in [-0.1, -0.05) is 35.3 Å². The first-order valence-corrected chi connectivity index (χ1v) is 9.97. The molecule has 0 amide bonds. The van der Waals surface area contributed by atoms with Gasteiger partial charge in [-0.15, -0.1) is 10.2 Å². The highest BCUT2D eigenvalue weighted by molar-refractivity contribution is 6.43. The third-order valence-electron chi connectivity index (χ3n) is 4.60. The monoisotopic (exact) mass is 425 g/mol. The number of nitrogens with zero attached hydrogens (tertiary/aromatic N) is 5. The molecule has 1 aromatic carbocycles. The molecule has 0 radical (unpaired) electrons. The Balaban J connectivity index is 1.42. The summed E-state index contributed by atoms with van der Waals surface area (Å²) in [6, 6.07) is 5.25. The average Bonchev–Trinajstić information content (AvgIpc) is 2.69. The van der Waals surface area contributed by atoms with E-state index in [1.165, 1.54) is 0 Å². The molecule has 1 fully saturated rings. The molecular weight excluding hydrogens is 401 g/mol. The van der Waals surface area contributed by atoms with Crippen LogP contribution in [0.2, 0.25) is 10.0 Å². The van der Waals surface area contributed by atoms with E-state index < -0.39 is 0 Å². The summed E-state index contributed by atoms with van der Waals surface area (Å²) in [5.74, 6) is 0.583. The zero-order valence-electron chi connectivity index (χ0n) is 15.9. The highest BCUT2D eigenvalue weighted by Crippen LogP contribution is 2.34. The summed E-state index contributed by atoms with van der Waals surface area (Å²) in [6.07, 6.45) is 0. The maximum absolute atomic E-state index is 6.21. The van der Waals surface area contributed by atoms with Crippen LogP contribution in [0.3, 0.4) is 0 Å². The van der Waals surface area contributed by atoms with Crippen molar-refractivity contribution in [3.8, 4) is 11.3 Å². The average molecular weight is 426 g/mol. The molecule has 2 aromatic rings. The lowest BCUT2D eigenvalue weighted by atomic mass is 10.1. The van der Waals surface area contributed by atoms with Crippen molar-refractivity contribution in [3.63, 3.8) is 0 Å². The molecule has 1 aromatic heterocycles. The number of nitrogens with two attached hydrogens (primary N) is 1. The maximum atomic E-state index is 6.21. The molecule has 8 nitrogen and oxygen atoms in total. The summed E-state index contributed by atoms with van der Waals surface area (Å²) in [5.41, 5.74) is 7.03. The van der Waals surface area contributed by atoms with E-state index in [-0.39, 0.29) is 5.82 Å². The summed E-state index contributed by atoms with van der Waals surface area (Å²) >= 11 is 12.3. The second-order valence-corrected chi connectivity index (χ2v) is 7.44. The van der Waals surface area contributed by atoms with Crippen molar-refractivity contribution in [2.45, 2.75) is 0 Å². The Kier molecular flexibility index (Phi) is 7.64. The molecule has 0 unspecified atom stereocenters. The number of aromatic nitrogens is 3. The lowest BCUT2D eigenvalue weighted by Crippen LogP contribution is -2.45. The number of nitrogen functional groups attached to an aromatic ring is 1. The van der Waals surface area contributed by atoms with Crippen LogP contribution in [0.5, 0.6) is 0 Å². The Morgan fingerprint density at radius 2 is 1.93 bits per heavy atom. The van der Waals surface area contributed by atoms with Crippen LogP contribution < -0.4 is 11.1 Å². The number of halogens is 2. The number of hydrogen-bond acceptors (Lipinski definition) is 8. The molecule has 28 heavy (non-hydrogen) atoms. The molecular formula is C18H25Cl2N7O. The zero-order chi connectivity index (χ0) is 19.9. The molecule has 0 atom stereocenters. The normalized spacial score (nSPS) is 15.7. The molecule has 3 rings (SSSR count). The van der Waals surface area contributed by atoms with Crippen molar-refractivity contribution in [2.24, 2.45) is 0 Å². The maximum Gasteiger partial charge on any atom is 0.244 e. The zero-order valence-corrected chi connectivity index (χ0v) is 17.4. The van der Waals surface area contributed by atoms with Crippen LogP contribution in [-0.2, 0) is 4.74 Å². The van der Waals surface area contributed by atoms with Crippen LogP contribution in [-0.4, -0.2) is 84.5 Å². The van der Waals surface area contributed by atoms with Crippen LogP contribution in [0.15, 0.2) is 18.2 Å². The molecule has 1 saturated heterocycles. The molecule has 1 aliphatic heterocycles. The van der Waals surface area contributed by atoms with Gasteiger partial charge in [0, 0.05) is 44.8 Å². The fraction of sp³-hybridized carbons (Fsp3) is 0.500. The highest BCUT2D eigenvalue weighted by atomic mass is 35.5. The lowest BCUT2D eigenvalue weighted by Gasteiger charge is -2.32. The molecule has 0 bridgehead atoms. The Bertz CT molecular complexity index is 785. The van der Waals surface area contributed by atoms with Crippen LogP contribution in [0.1, 0.15) is 0 Å². The van der Waals surface area contributed by atoms with E-state index in [9.17, 15) is 0 Å². The van der Waals surface area contributed by atoms with Gasteiger partial charge in [-0.25, -0.2) is 0 Å². The van der Waals surface area contributed by atoms with Gasteiger partial charge in [0.1, 0.15) is 5.69 Å². The van der Waals surface area contributed by atoms with E-state index in [0.29, 0.717) is 47.0 Å². The van der Waals surface area contributed by atoms with Crippen molar-refractivity contribution in [1.82, 2.24) is 25.0 Å². The van der Waals surface area contributed by atoms with Crippen LogP contribution in [0.25, 0.3) is 11.3 Å². The van der Waals surface area contributed by atoms with Gasteiger partial charge in [0.25, 0.3) is 0 Å². The summed E-state index contributed by atoms with van der Waals surface area (Å²) < 4.78 is 5.68. The van der Waals surface area contributed by atoms with Crippen molar-refractivity contribution < 1.29 is 4.74 Å². The first-order valence-electron chi connectivity index (χ1n) is 9.21. The molecule has 1 aliphatic rings. The number of hydrogen-bond donors (Lipinski definition) is 2. The predicted octanol–water partition coefficient (Wildman–Crippen LogP) is 2.10. The predicted molar refractivity (Wildman–Crippen MR) is 113 cm³/mol. The third-order valence-corrected chi connectivity index (χ3v) is 5.42. The Hall–Kier alpha value is -1.71. The van der Waals surface area contributed by atoms with Crippen LogP contribution in [0.4, 0.5) is 11.8 Å². The molecule has 2 heterocycles. The number of likely N-dealkylation sites (N-methyl/N-ethyl adjacent to an activating group) is 1. The Morgan fingerprint density at radius 1 is 1.14 bits per heavy atom. The SMILES string of the molecule is CN1CCN(CCOCCNc2nnc(-c3cccc(Cl)c3Cl)c(N)n2)CC1. The van der Waals surface area contributed by atoms with Gasteiger partial charge in [0.05, 0.1) is 23.3 Å². The second kappa shape index (κ2) is 10.2. The lowest BCUT2D eigenvalue weighted by molar-refractivity contribution is 0.0866. The molecule has 10 heteroatoms. The minimum absolute atomic E-state index is 0.234. The van der Waals surface area contributed by atoms with Crippen LogP contribution in [0, 0.1) is 0 Å². The van der Waals surface area contributed by atoms with Gasteiger partial charge in [-0.3, -0.25) is 4.90 Å². The minimum Gasteiger partial charge on any atom is -0.382 e. The van der Waals surface area contributed by atoms with Gasteiger partial charge in [0.2, 0.25) is 5.95 Å². The van der Waals surface area contributed by atoms with E-state index in [1.54, 1.807) is 18.2 Å². The van der Waals surface area contributed by atoms with Gasteiger partial charge >= 0.3 is 0 Å². The fourth-order valence-electron chi connectivity index (χ4n) is 2.89. The van der Waals surface area contributed by atoms with E-state index >= 15 is 0 Å². The first-order chi connectivity index (χ1) is 13.5. The second-order valence-electron chi connectivity index (χ2n) is 6.65. The fourth-order valence-corrected chi connectivity index (χ4v) is 3.28. The van der Waals surface area contributed by atoms with Crippen molar-refractivity contribution in [1.29, 1.82) is 0 Å². The van der Waals surface area contributed by atoms with Crippen molar-refractivity contribution in [2.75, 3.05) is 70.6 Å². The number of rotatable bonds is 8. The van der Waals surface area contributed by atoms with Gasteiger partial charge in [-0.05, 0) is 13.1 Å². The summed E-state index contributed by atoms with van der Waals surface area (Å²) in [4.78, 5) is 9.00. The summed E-state index contributed by atoms with van der Waals surface area (Å²) in [7, 11) is 2.15. The molecule has 0 spiro atoms. The smallest absolute Gasteiger partial charge is 0.244 e. The van der Waals surface area contributed by atoms with E-state index in [2.05, 4.69) is 37.3 Å². The summed E-state index contributed by atoms with van der Waals surface area (Å²) in [6.45, 7) is 7.21. The van der Waals surface area contributed by atoms with Crippen LogP contribution >= 0.6 is 23.2 Å². The van der Waals surface area contributed by atoms with Gasteiger partial charge < -0.3 is 20.7 Å². The first kappa shape index (κ1) is 21.0. The Labute approximate surface area is 175 Å². The molecule has 0 saturated carbocycles. The van der Waals surface area contributed by atoms with E-state index in [1.807, 2.05) is 0 Å². The molecule has 0 aliphatic carbocycles. The van der Waals surface area contributed by atoms with Crippen molar-refractivity contribution in [3.05, 3.63) is 28.2 Å². The van der Waals surface area contributed by atoms with Gasteiger partial charge in [-0.2, -0.15) is 4.98 Å². The summed E-state index contributed by atoms with van der Waals surface area (Å²) in [5, 5.41) is 12.1. The Morgan fingerprint density at radius 3 is 2.68 bits per heavy atom. The standard InChI is InChI=1S/C18H25Cl2N7O/c1-26-6-8-27(9-7-26)10-12-28-11-5-22-18-23-17(21)16(24-25-18)13-3-2-4-14(19)15(13)20/h2-4H,5-12H2,1H3,(H3,21,22,23,25). The van der Waals surface area contributed by atoms with Gasteiger partial charge in [0.15, 0.2) is 5.82 Å².